The van der Waals surface area contributed by atoms with Crippen LogP contribution >= 0.6 is 0 Å². The number of carbonyl (C=O) groups excluding carboxylic acids is 3. The molecule has 32 heavy (non-hydrogen) atoms. The van der Waals surface area contributed by atoms with Crippen LogP contribution in [0.5, 0.6) is 0 Å². The smallest absolute Gasteiger partial charge is 0.411 e. The molecule has 0 bridgehead atoms. The number of ether oxygens (including phenoxy) is 2. The lowest BCUT2D eigenvalue weighted by molar-refractivity contribution is -0.146. The summed E-state index contributed by atoms with van der Waals surface area (Å²) < 4.78 is 10.4. The van der Waals surface area contributed by atoms with Gasteiger partial charge < -0.3 is 14.8 Å². The maximum atomic E-state index is 13.3. The number of hydrogen-bond acceptors (Lipinski definition) is 5. The third-order valence-electron chi connectivity index (χ3n) is 6.06. The first-order valence-corrected chi connectivity index (χ1v) is 11.0. The van der Waals surface area contributed by atoms with Gasteiger partial charge in [0, 0.05) is 6.42 Å². The molecule has 7 heteroatoms. The number of benzene rings is 2. The molecule has 168 valence electrons. The summed E-state index contributed by atoms with van der Waals surface area (Å²) in [5.74, 6) is -0.398. The Balaban J connectivity index is 1.50. The van der Waals surface area contributed by atoms with Crippen LogP contribution in [0.2, 0.25) is 0 Å². The van der Waals surface area contributed by atoms with Gasteiger partial charge in [0.25, 0.3) is 0 Å². The molecule has 1 saturated carbocycles. The number of esters is 1. The molecular weight excluding hydrogens is 408 g/mol. The minimum Gasteiger partial charge on any atom is -0.467 e. The third kappa shape index (κ3) is 5.28. The number of fused-ring (bicyclic) bond motifs is 1. The van der Waals surface area contributed by atoms with E-state index < -0.39 is 24.1 Å². The molecule has 2 atom stereocenters. The molecule has 1 aliphatic carbocycles. The normalized spacial score (nSPS) is 18.3. The van der Waals surface area contributed by atoms with Crippen LogP contribution < -0.4 is 5.32 Å². The van der Waals surface area contributed by atoms with Crippen molar-refractivity contribution in [2.75, 3.05) is 7.11 Å². The molecule has 2 aromatic carbocycles. The van der Waals surface area contributed by atoms with E-state index in [2.05, 4.69) is 5.32 Å². The van der Waals surface area contributed by atoms with Crippen molar-refractivity contribution in [2.24, 2.45) is 5.92 Å². The number of nitrogens with one attached hydrogen (secondary N) is 1. The second-order valence-electron chi connectivity index (χ2n) is 8.42. The highest BCUT2D eigenvalue weighted by atomic mass is 16.6. The van der Waals surface area contributed by atoms with Gasteiger partial charge in [-0.15, -0.1) is 0 Å². The Morgan fingerprint density at radius 1 is 1.03 bits per heavy atom. The van der Waals surface area contributed by atoms with E-state index in [1.807, 2.05) is 54.6 Å². The molecule has 0 spiro atoms. The summed E-state index contributed by atoms with van der Waals surface area (Å²) in [5, 5.41) is 2.84. The molecule has 7 nitrogen and oxygen atoms in total. The second-order valence-corrected chi connectivity index (χ2v) is 8.42. The van der Waals surface area contributed by atoms with Gasteiger partial charge in [0.05, 0.1) is 13.7 Å². The van der Waals surface area contributed by atoms with Crippen molar-refractivity contribution in [2.45, 2.75) is 50.9 Å². The number of methoxy groups -OCH3 is 1. The predicted molar refractivity (Wildman–Crippen MR) is 117 cm³/mol. The Labute approximate surface area is 187 Å². The monoisotopic (exact) mass is 436 g/mol. The molecule has 2 aromatic rings. The van der Waals surface area contributed by atoms with Crippen molar-refractivity contribution in [1.29, 1.82) is 0 Å². The van der Waals surface area contributed by atoms with E-state index in [0.717, 1.165) is 29.5 Å². The molecule has 0 unspecified atom stereocenters. The fourth-order valence-corrected chi connectivity index (χ4v) is 4.06. The molecule has 1 heterocycles. The van der Waals surface area contributed by atoms with Crippen LogP contribution in [0, 0.1) is 5.92 Å². The lowest BCUT2D eigenvalue weighted by Crippen LogP contribution is -2.55. The van der Waals surface area contributed by atoms with Crippen molar-refractivity contribution in [1.82, 2.24) is 10.2 Å². The molecule has 0 radical (unpaired) electrons. The van der Waals surface area contributed by atoms with E-state index in [1.54, 1.807) is 0 Å². The molecule has 1 aliphatic heterocycles. The van der Waals surface area contributed by atoms with Gasteiger partial charge in [0.1, 0.15) is 18.7 Å². The van der Waals surface area contributed by atoms with Crippen molar-refractivity contribution in [3.05, 3.63) is 71.3 Å². The van der Waals surface area contributed by atoms with Crippen LogP contribution in [0.25, 0.3) is 0 Å². The highest BCUT2D eigenvalue weighted by molar-refractivity contribution is 5.90. The lowest BCUT2D eigenvalue weighted by atomic mass is 9.93. The quantitative estimate of drug-likeness (QED) is 0.674. The summed E-state index contributed by atoms with van der Waals surface area (Å²) in [7, 11) is 1.32. The van der Waals surface area contributed by atoms with Gasteiger partial charge in [0.15, 0.2) is 0 Å². The summed E-state index contributed by atoms with van der Waals surface area (Å²) >= 11 is 0. The topological polar surface area (TPSA) is 84.9 Å². The van der Waals surface area contributed by atoms with Crippen molar-refractivity contribution in [3.8, 4) is 0 Å². The van der Waals surface area contributed by atoms with Crippen LogP contribution in [0.3, 0.4) is 0 Å². The average molecular weight is 437 g/mol. The van der Waals surface area contributed by atoms with Crippen LogP contribution in [0.15, 0.2) is 54.6 Å². The zero-order chi connectivity index (χ0) is 22.5. The molecular formula is C25H28N2O5. The van der Waals surface area contributed by atoms with Crippen LogP contribution in [0.4, 0.5) is 4.79 Å². The van der Waals surface area contributed by atoms with E-state index >= 15 is 0 Å². The summed E-state index contributed by atoms with van der Waals surface area (Å²) in [4.78, 5) is 39.9. The fourth-order valence-electron chi connectivity index (χ4n) is 4.06. The Morgan fingerprint density at radius 3 is 2.41 bits per heavy atom. The SMILES string of the molecule is COC(=O)[C@H](CC1CC1)NC(=O)[C@@H]1Cc2ccccc2CN1C(=O)OCc1ccccc1. The van der Waals surface area contributed by atoms with E-state index in [1.165, 1.54) is 12.0 Å². The fraction of sp³-hybridized carbons (Fsp3) is 0.400. The second kappa shape index (κ2) is 9.85. The minimum atomic E-state index is -0.764. The highest BCUT2D eigenvalue weighted by Crippen LogP contribution is 2.34. The standard InChI is InChI=1S/C25H28N2O5/c1-31-24(29)21(13-17-11-12-17)26-23(28)22-14-19-9-5-6-10-20(19)15-27(22)25(30)32-16-18-7-3-2-4-8-18/h2-10,17,21-22H,11-16H2,1H3,(H,26,28)/t21-,22-/m0/s1. The number of hydrogen-bond donors (Lipinski definition) is 1. The van der Waals surface area contributed by atoms with E-state index in [4.69, 9.17) is 9.47 Å². The predicted octanol–water partition coefficient (Wildman–Crippen LogP) is 3.21. The maximum absolute atomic E-state index is 13.3. The molecule has 2 amide bonds. The average Bonchev–Trinajstić information content (AvgIpc) is 3.65. The van der Waals surface area contributed by atoms with Crippen molar-refractivity contribution in [3.63, 3.8) is 0 Å². The molecule has 1 fully saturated rings. The van der Waals surface area contributed by atoms with E-state index in [9.17, 15) is 14.4 Å². The van der Waals surface area contributed by atoms with E-state index in [-0.39, 0.29) is 19.1 Å². The Hall–Kier alpha value is -3.35. The number of rotatable bonds is 7. The number of nitrogens with zero attached hydrogens (tertiary/aromatic N) is 1. The molecule has 1 N–H and O–H groups in total. The summed E-state index contributed by atoms with van der Waals surface area (Å²) in [6.45, 7) is 0.395. The number of carbonyl (C=O) groups is 3. The molecule has 4 rings (SSSR count). The first kappa shape index (κ1) is 21.9. The number of amides is 2. The van der Waals surface area contributed by atoms with Gasteiger partial charge in [-0.2, -0.15) is 0 Å². The summed E-state index contributed by atoms with van der Waals surface area (Å²) in [5.41, 5.74) is 2.86. The van der Waals surface area contributed by atoms with Gasteiger partial charge >= 0.3 is 12.1 Å². The van der Waals surface area contributed by atoms with Crippen molar-refractivity contribution < 1.29 is 23.9 Å². The van der Waals surface area contributed by atoms with Gasteiger partial charge in [-0.3, -0.25) is 9.69 Å². The van der Waals surface area contributed by atoms with Crippen LogP contribution in [-0.2, 0) is 38.6 Å². The van der Waals surface area contributed by atoms with Gasteiger partial charge in [0.2, 0.25) is 5.91 Å². The highest BCUT2D eigenvalue weighted by Gasteiger charge is 2.38. The zero-order valence-corrected chi connectivity index (χ0v) is 18.2. The summed E-state index contributed by atoms with van der Waals surface area (Å²) in [6, 6.07) is 15.7. The van der Waals surface area contributed by atoms with Crippen LogP contribution in [0.1, 0.15) is 36.0 Å². The first-order valence-electron chi connectivity index (χ1n) is 11.0. The van der Waals surface area contributed by atoms with Gasteiger partial charge in [-0.1, -0.05) is 67.4 Å². The van der Waals surface area contributed by atoms with Gasteiger partial charge in [-0.25, -0.2) is 9.59 Å². The molecule has 0 saturated heterocycles. The Morgan fingerprint density at radius 2 is 1.72 bits per heavy atom. The lowest BCUT2D eigenvalue weighted by Gasteiger charge is -2.35. The zero-order valence-electron chi connectivity index (χ0n) is 18.2. The van der Waals surface area contributed by atoms with Crippen LogP contribution in [-0.4, -0.2) is 42.1 Å². The van der Waals surface area contributed by atoms with Gasteiger partial charge in [-0.05, 0) is 29.0 Å². The minimum absolute atomic E-state index is 0.124. The Kier molecular flexibility index (Phi) is 6.73. The molecule has 0 aromatic heterocycles. The third-order valence-corrected chi connectivity index (χ3v) is 6.06. The summed E-state index contributed by atoms with van der Waals surface area (Å²) in [6.07, 6.45) is 2.47. The largest absolute Gasteiger partial charge is 0.467 e. The van der Waals surface area contributed by atoms with Crippen molar-refractivity contribution >= 4 is 18.0 Å². The van der Waals surface area contributed by atoms with E-state index in [0.29, 0.717) is 18.8 Å². The molecule has 2 aliphatic rings. The maximum Gasteiger partial charge on any atom is 0.411 e. The first-order chi connectivity index (χ1) is 15.5. The Bertz CT molecular complexity index is 973.